The monoisotopic (exact) mass is 331 g/mol. The van der Waals surface area contributed by atoms with E-state index in [-0.39, 0.29) is 11.3 Å². The summed E-state index contributed by atoms with van der Waals surface area (Å²) in [5.74, 6) is -0.472. The van der Waals surface area contributed by atoms with Crippen LogP contribution in [-0.4, -0.2) is 16.5 Å². The molecular weight excluding hydrogens is 314 g/mol. The molecule has 1 heterocycles. The molecule has 1 aromatic heterocycles. The number of thiophene rings is 1. The maximum absolute atomic E-state index is 12.1. The van der Waals surface area contributed by atoms with Crippen LogP contribution in [0.15, 0.2) is 35.4 Å². The summed E-state index contributed by atoms with van der Waals surface area (Å²) >= 11 is 1.63. The van der Waals surface area contributed by atoms with Crippen LogP contribution in [0.1, 0.15) is 39.5 Å². The van der Waals surface area contributed by atoms with Gasteiger partial charge in [-0.2, -0.15) is 5.10 Å². The molecule has 1 N–H and O–H groups in total. The number of nitrogens with zero attached hydrogens (tertiary/aromatic N) is 2. The van der Waals surface area contributed by atoms with Gasteiger partial charge < -0.3 is 0 Å². The van der Waals surface area contributed by atoms with Crippen LogP contribution in [0.5, 0.6) is 0 Å². The Hall–Kier alpha value is -2.54. The second-order valence-electron chi connectivity index (χ2n) is 5.02. The molecule has 120 valence electrons. The molecule has 0 saturated heterocycles. The van der Waals surface area contributed by atoms with Crippen LogP contribution in [0.25, 0.3) is 0 Å². The second-order valence-corrected chi connectivity index (χ2v) is 6.18. The van der Waals surface area contributed by atoms with Crippen LogP contribution >= 0.6 is 11.3 Å². The first-order valence-corrected chi connectivity index (χ1v) is 7.92. The number of nitro groups is 1. The standard InChI is InChI=1S/C16H17N3O3S/c1-4-13-7-8-15(23-13)11(3)17-18-16(20)12-6-5-10(2)14(9-12)19(21)22/h5-9H,4H2,1-3H3,(H,18,20)/b17-11+. The van der Waals surface area contributed by atoms with Crippen molar-refractivity contribution in [3.05, 3.63) is 61.3 Å². The van der Waals surface area contributed by atoms with Crippen molar-refractivity contribution in [2.75, 3.05) is 0 Å². The average Bonchev–Trinajstić information content (AvgIpc) is 3.01. The third kappa shape index (κ3) is 4.01. The highest BCUT2D eigenvalue weighted by molar-refractivity contribution is 7.14. The normalized spacial score (nSPS) is 11.3. The van der Waals surface area contributed by atoms with Gasteiger partial charge >= 0.3 is 0 Å². The van der Waals surface area contributed by atoms with Gasteiger partial charge in [-0.3, -0.25) is 14.9 Å². The van der Waals surface area contributed by atoms with Crippen LogP contribution in [0.4, 0.5) is 5.69 Å². The Morgan fingerprint density at radius 3 is 2.70 bits per heavy atom. The van der Waals surface area contributed by atoms with Crippen molar-refractivity contribution >= 4 is 28.6 Å². The molecule has 0 atom stereocenters. The second kappa shape index (κ2) is 7.15. The van der Waals surface area contributed by atoms with E-state index in [0.717, 1.165) is 11.3 Å². The van der Waals surface area contributed by atoms with Gasteiger partial charge in [0.2, 0.25) is 0 Å². The van der Waals surface area contributed by atoms with Crippen molar-refractivity contribution in [1.82, 2.24) is 5.43 Å². The van der Waals surface area contributed by atoms with E-state index in [1.54, 1.807) is 30.4 Å². The zero-order chi connectivity index (χ0) is 17.0. The minimum absolute atomic E-state index is 0.0794. The van der Waals surface area contributed by atoms with Gasteiger partial charge in [-0.1, -0.05) is 13.0 Å². The van der Waals surface area contributed by atoms with Gasteiger partial charge in [0.25, 0.3) is 11.6 Å². The van der Waals surface area contributed by atoms with Crippen LogP contribution in [0, 0.1) is 17.0 Å². The summed E-state index contributed by atoms with van der Waals surface area (Å²) in [5.41, 5.74) is 3.78. The molecule has 0 spiro atoms. The van der Waals surface area contributed by atoms with Crippen LogP contribution < -0.4 is 5.43 Å². The molecule has 23 heavy (non-hydrogen) atoms. The van der Waals surface area contributed by atoms with Crippen LogP contribution in [0.2, 0.25) is 0 Å². The first-order chi connectivity index (χ1) is 10.9. The number of aryl methyl sites for hydroxylation is 2. The smallest absolute Gasteiger partial charge is 0.267 e. The Balaban J connectivity index is 2.14. The van der Waals surface area contributed by atoms with Gasteiger partial charge in [0.1, 0.15) is 0 Å². The SMILES string of the molecule is CCc1ccc(/C(C)=N/NC(=O)c2ccc(C)c([N+](=O)[O-])c2)s1. The van der Waals surface area contributed by atoms with Gasteiger partial charge in [-0.15, -0.1) is 11.3 Å². The lowest BCUT2D eigenvalue weighted by atomic mass is 10.1. The summed E-state index contributed by atoms with van der Waals surface area (Å²) in [4.78, 5) is 24.7. The van der Waals surface area contributed by atoms with Gasteiger partial charge in [-0.05, 0) is 38.5 Å². The van der Waals surface area contributed by atoms with Gasteiger partial charge in [-0.25, -0.2) is 5.43 Å². The van der Waals surface area contributed by atoms with E-state index in [2.05, 4.69) is 17.5 Å². The fourth-order valence-corrected chi connectivity index (χ4v) is 2.86. The van der Waals surface area contributed by atoms with Crippen molar-refractivity contribution < 1.29 is 9.72 Å². The first-order valence-electron chi connectivity index (χ1n) is 7.11. The molecule has 0 bridgehead atoms. The summed E-state index contributed by atoms with van der Waals surface area (Å²) in [6.45, 7) is 5.52. The summed E-state index contributed by atoms with van der Waals surface area (Å²) in [5, 5.41) is 15.0. The molecule has 1 aromatic carbocycles. The molecular formula is C16H17N3O3S. The fraction of sp³-hybridized carbons (Fsp3) is 0.250. The molecule has 1 amide bonds. The third-order valence-electron chi connectivity index (χ3n) is 3.36. The number of nitrogens with one attached hydrogen (secondary N) is 1. The molecule has 0 aliphatic rings. The number of hydrogen-bond acceptors (Lipinski definition) is 5. The molecule has 0 unspecified atom stereocenters. The number of hydrogen-bond donors (Lipinski definition) is 1. The highest BCUT2D eigenvalue weighted by Crippen LogP contribution is 2.20. The van der Waals surface area contributed by atoms with E-state index in [1.807, 2.05) is 19.1 Å². The number of carbonyl (C=O) groups excluding carboxylic acids is 1. The van der Waals surface area contributed by atoms with Gasteiger partial charge in [0, 0.05) is 22.1 Å². The number of hydrazone groups is 1. The number of nitro benzene ring substituents is 1. The van der Waals surface area contributed by atoms with Gasteiger partial charge in [0.15, 0.2) is 0 Å². The van der Waals surface area contributed by atoms with E-state index < -0.39 is 10.8 Å². The number of rotatable bonds is 5. The lowest BCUT2D eigenvalue weighted by Gasteiger charge is -2.03. The molecule has 7 heteroatoms. The average molecular weight is 331 g/mol. The molecule has 2 aromatic rings. The zero-order valence-corrected chi connectivity index (χ0v) is 13.9. The Kier molecular flexibility index (Phi) is 5.23. The highest BCUT2D eigenvalue weighted by Gasteiger charge is 2.14. The largest absolute Gasteiger partial charge is 0.273 e. The van der Waals surface area contributed by atoms with Crippen molar-refractivity contribution in [3.63, 3.8) is 0 Å². The van der Waals surface area contributed by atoms with Crippen molar-refractivity contribution in [3.8, 4) is 0 Å². The topological polar surface area (TPSA) is 84.6 Å². The van der Waals surface area contributed by atoms with Gasteiger partial charge in [0.05, 0.1) is 15.5 Å². The summed E-state index contributed by atoms with van der Waals surface area (Å²) in [6.07, 6.45) is 0.956. The van der Waals surface area contributed by atoms with E-state index in [0.29, 0.717) is 11.3 Å². The predicted molar refractivity (Wildman–Crippen MR) is 91.2 cm³/mol. The quantitative estimate of drug-likeness (QED) is 0.515. The zero-order valence-electron chi connectivity index (χ0n) is 13.1. The number of benzene rings is 1. The molecule has 0 fully saturated rings. The van der Waals surface area contributed by atoms with E-state index in [4.69, 9.17) is 0 Å². The Bertz CT molecular complexity index is 781. The van der Waals surface area contributed by atoms with Crippen LogP contribution in [-0.2, 0) is 6.42 Å². The lowest BCUT2D eigenvalue weighted by molar-refractivity contribution is -0.385. The molecule has 0 aliphatic heterocycles. The molecule has 6 nitrogen and oxygen atoms in total. The van der Waals surface area contributed by atoms with Crippen LogP contribution in [0.3, 0.4) is 0 Å². The van der Waals surface area contributed by atoms with Crippen molar-refractivity contribution in [2.45, 2.75) is 27.2 Å². The molecule has 0 radical (unpaired) electrons. The highest BCUT2D eigenvalue weighted by atomic mass is 32.1. The first kappa shape index (κ1) is 16.8. The molecule has 0 saturated carbocycles. The summed E-state index contributed by atoms with van der Waals surface area (Å²) < 4.78 is 0. The number of carbonyl (C=O) groups is 1. The minimum atomic E-state index is -0.501. The molecule has 2 rings (SSSR count). The Morgan fingerprint density at radius 1 is 1.35 bits per heavy atom. The fourth-order valence-electron chi connectivity index (χ4n) is 1.96. The Labute approximate surface area is 138 Å². The number of amides is 1. The van der Waals surface area contributed by atoms with Crippen molar-refractivity contribution in [1.29, 1.82) is 0 Å². The minimum Gasteiger partial charge on any atom is -0.267 e. The van der Waals surface area contributed by atoms with E-state index >= 15 is 0 Å². The third-order valence-corrected chi connectivity index (χ3v) is 4.70. The van der Waals surface area contributed by atoms with Crippen molar-refractivity contribution in [2.24, 2.45) is 5.10 Å². The summed E-state index contributed by atoms with van der Waals surface area (Å²) in [6, 6.07) is 8.35. The Morgan fingerprint density at radius 2 is 2.09 bits per heavy atom. The summed E-state index contributed by atoms with van der Waals surface area (Å²) in [7, 11) is 0. The predicted octanol–water partition coefficient (Wildman–Crippen LogP) is 3.68. The maximum atomic E-state index is 12.1. The van der Waals surface area contributed by atoms with E-state index in [9.17, 15) is 14.9 Å². The lowest BCUT2D eigenvalue weighted by Crippen LogP contribution is -2.19. The van der Waals surface area contributed by atoms with E-state index in [1.165, 1.54) is 10.9 Å². The maximum Gasteiger partial charge on any atom is 0.273 e. The molecule has 0 aliphatic carbocycles.